The second-order valence-corrected chi connectivity index (χ2v) is 7.23. The molecule has 0 spiro atoms. The van der Waals surface area contributed by atoms with Crippen LogP contribution in [0.5, 0.6) is 0 Å². The molecule has 134 valence electrons. The second-order valence-electron chi connectivity index (χ2n) is 7.23. The summed E-state index contributed by atoms with van der Waals surface area (Å²) in [5.74, 6) is 0.132. The van der Waals surface area contributed by atoms with Crippen LogP contribution in [-0.2, 0) is 12.0 Å². The van der Waals surface area contributed by atoms with E-state index in [2.05, 4.69) is 26.5 Å². The third-order valence-electron chi connectivity index (χ3n) is 4.09. The van der Waals surface area contributed by atoms with E-state index in [1.54, 1.807) is 12.4 Å². The van der Waals surface area contributed by atoms with Gasteiger partial charge in [0.15, 0.2) is 5.82 Å². The molecule has 0 unspecified atom stereocenters. The normalized spacial score (nSPS) is 11.4. The molecule has 1 aromatic carbocycles. The lowest BCUT2D eigenvalue weighted by Crippen LogP contribution is -2.24. The van der Waals surface area contributed by atoms with Crippen molar-refractivity contribution in [2.45, 2.75) is 39.7 Å². The smallest absolute Gasteiger partial charge is 0.315 e. The third-order valence-corrected chi connectivity index (χ3v) is 4.09. The number of aryl methyl sites for hydroxylation is 1. The summed E-state index contributed by atoms with van der Waals surface area (Å²) in [6, 6.07) is 10.1. The van der Waals surface area contributed by atoms with Gasteiger partial charge in [-0.25, -0.2) is 0 Å². The zero-order valence-electron chi connectivity index (χ0n) is 15.4. The molecular weight excluding hydrogens is 328 g/mol. The Hall–Kier alpha value is -3.02. The van der Waals surface area contributed by atoms with Gasteiger partial charge in [-0.1, -0.05) is 44.1 Å². The summed E-state index contributed by atoms with van der Waals surface area (Å²) >= 11 is 0. The van der Waals surface area contributed by atoms with Crippen LogP contribution >= 0.6 is 0 Å². The van der Waals surface area contributed by atoms with E-state index >= 15 is 0 Å². The summed E-state index contributed by atoms with van der Waals surface area (Å²) in [5, 5.41) is 6.71. The van der Waals surface area contributed by atoms with E-state index in [-0.39, 0.29) is 17.2 Å². The number of benzene rings is 1. The Morgan fingerprint density at radius 2 is 1.85 bits per heavy atom. The molecule has 2 aromatic heterocycles. The van der Waals surface area contributed by atoms with Crippen molar-refractivity contribution in [1.29, 1.82) is 0 Å². The van der Waals surface area contributed by atoms with Crippen LogP contribution in [0.4, 0.5) is 0 Å². The fourth-order valence-corrected chi connectivity index (χ4v) is 2.49. The molecule has 2 heterocycles. The molecule has 3 aromatic rings. The van der Waals surface area contributed by atoms with Gasteiger partial charge in [0.25, 0.3) is 0 Å². The molecule has 0 aliphatic carbocycles. The van der Waals surface area contributed by atoms with Crippen LogP contribution in [0, 0.1) is 6.92 Å². The van der Waals surface area contributed by atoms with Crippen LogP contribution in [0.15, 0.2) is 47.2 Å². The van der Waals surface area contributed by atoms with E-state index in [4.69, 9.17) is 4.52 Å². The molecule has 6 heteroatoms. The van der Waals surface area contributed by atoms with Gasteiger partial charge in [-0.05, 0) is 41.3 Å². The van der Waals surface area contributed by atoms with Crippen molar-refractivity contribution >= 4 is 5.91 Å². The van der Waals surface area contributed by atoms with Gasteiger partial charge in [-0.3, -0.25) is 9.78 Å². The van der Waals surface area contributed by atoms with Crippen molar-refractivity contribution in [3.8, 4) is 11.1 Å². The van der Waals surface area contributed by atoms with Crippen molar-refractivity contribution in [2.24, 2.45) is 0 Å². The first kappa shape index (κ1) is 17.8. The van der Waals surface area contributed by atoms with Crippen molar-refractivity contribution in [1.82, 2.24) is 20.4 Å². The van der Waals surface area contributed by atoms with Crippen molar-refractivity contribution < 1.29 is 9.32 Å². The fraction of sp³-hybridized carbons (Fsp3) is 0.300. The van der Waals surface area contributed by atoms with E-state index in [0.29, 0.717) is 12.4 Å². The maximum atomic E-state index is 12.2. The number of carbonyl (C=O) groups excluding carboxylic acids is 1. The SMILES string of the molecule is Cc1cc(-c2ccncc2)ccc1CNC(=O)c1nc(C(C)(C)C)no1. The number of hydrogen-bond acceptors (Lipinski definition) is 5. The Kier molecular flexibility index (Phi) is 4.84. The molecular formula is C20H22N4O2. The standard InChI is InChI=1S/C20H22N4O2/c1-13-11-15(14-7-9-21-10-8-14)5-6-16(13)12-22-17(25)18-23-19(24-26-18)20(2,3)4/h5-11H,12H2,1-4H3,(H,22,25). The average Bonchev–Trinajstić information content (AvgIpc) is 3.12. The molecule has 0 bridgehead atoms. The predicted molar refractivity (Wildman–Crippen MR) is 98.6 cm³/mol. The van der Waals surface area contributed by atoms with E-state index in [1.807, 2.05) is 52.0 Å². The molecule has 0 fully saturated rings. The summed E-state index contributed by atoms with van der Waals surface area (Å²) in [6.07, 6.45) is 3.55. The van der Waals surface area contributed by atoms with Crippen molar-refractivity contribution in [3.05, 3.63) is 65.6 Å². The number of amides is 1. The highest BCUT2D eigenvalue weighted by atomic mass is 16.5. The first-order valence-corrected chi connectivity index (χ1v) is 8.47. The number of rotatable bonds is 4. The van der Waals surface area contributed by atoms with Gasteiger partial charge in [-0.2, -0.15) is 4.98 Å². The van der Waals surface area contributed by atoms with Crippen LogP contribution in [0.2, 0.25) is 0 Å². The van der Waals surface area contributed by atoms with Gasteiger partial charge < -0.3 is 9.84 Å². The van der Waals surface area contributed by atoms with Gasteiger partial charge in [0.05, 0.1) is 0 Å². The van der Waals surface area contributed by atoms with Gasteiger partial charge >= 0.3 is 11.8 Å². The number of carbonyl (C=O) groups is 1. The van der Waals surface area contributed by atoms with Gasteiger partial charge in [0, 0.05) is 24.4 Å². The lowest BCUT2D eigenvalue weighted by Gasteiger charge is -2.11. The Morgan fingerprint density at radius 1 is 1.12 bits per heavy atom. The zero-order chi connectivity index (χ0) is 18.7. The summed E-state index contributed by atoms with van der Waals surface area (Å²) in [5.41, 5.74) is 4.10. The van der Waals surface area contributed by atoms with Gasteiger partial charge in [0.2, 0.25) is 0 Å². The van der Waals surface area contributed by atoms with Crippen LogP contribution in [0.3, 0.4) is 0 Å². The first-order chi connectivity index (χ1) is 12.3. The minimum Gasteiger partial charge on any atom is -0.344 e. The maximum Gasteiger partial charge on any atom is 0.315 e. The Bertz CT molecular complexity index is 911. The molecule has 3 rings (SSSR count). The maximum absolute atomic E-state index is 12.2. The molecule has 0 saturated carbocycles. The zero-order valence-corrected chi connectivity index (χ0v) is 15.4. The van der Waals surface area contributed by atoms with Crippen LogP contribution in [0.1, 0.15) is 48.4 Å². The van der Waals surface area contributed by atoms with Gasteiger partial charge in [-0.15, -0.1) is 0 Å². The monoisotopic (exact) mass is 350 g/mol. The number of pyridine rings is 1. The van der Waals surface area contributed by atoms with E-state index in [1.165, 1.54) is 0 Å². The van der Waals surface area contributed by atoms with Crippen molar-refractivity contribution in [3.63, 3.8) is 0 Å². The molecule has 26 heavy (non-hydrogen) atoms. The molecule has 6 nitrogen and oxygen atoms in total. The topological polar surface area (TPSA) is 80.9 Å². The molecule has 0 saturated heterocycles. The summed E-state index contributed by atoms with van der Waals surface area (Å²) < 4.78 is 5.07. The highest BCUT2D eigenvalue weighted by Gasteiger charge is 2.23. The fourth-order valence-electron chi connectivity index (χ4n) is 2.49. The lowest BCUT2D eigenvalue weighted by atomic mass is 9.96. The Morgan fingerprint density at radius 3 is 2.46 bits per heavy atom. The summed E-state index contributed by atoms with van der Waals surface area (Å²) in [6.45, 7) is 8.32. The van der Waals surface area contributed by atoms with E-state index in [9.17, 15) is 4.79 Å². The minimum absolute atomic E-state index is 0.0130. The number of nitrogens with one attached hydrogen (secondary N) is 1. The minimum atomic E-state index is -0.370. The molecule has 0 aliphatic rings. The first-order valence-electron chi connectivity index (χ1n) is 8.47. The number of aromatic nitrogens is 3. The van der Waals surface area contributed by atoms with Crippen LogP contribution in [0.25, 0.3) is 11.1 Å². The molecule has 0 aliphatic heterocycles. The van der Waals surface area contributed by atoms with E-state index < -0.39 is 0 Å². The Labute approximate surface area is 152 Å². The summed E-state index contributed by atoms with van der Waals surface area (Å²) in [7, 11) is 0. The van der Waals surface area contributed by atoms with Crippen LogP contribution in [-0.4, -0.2) is 21.0 Å². The third kappa shape index (κ3) is 3.96. The molecule has 0 radical (unpaired) electrons. The highest BCUT2D eigenvalue weighted by Crippen LogP contribution is 2.22. The summed E-state index contributed by atoms with van der Waals surface area (Å²) in [4.78, 5) is 20.5. The second kappa shape index (κ2) is 7.07. The highest BCUT2D eigenvalue weighted by molar-refractivity contribution is 5.89. The predicted octanol–water partition coefficient (Wildman–Crippen LogP) is 3.67. The molecule has 1 N–H and O–H groups in total. The van der Waals surface area contributed by atoms with Crippen LogP contribution < -0.4 is 5.32 Å². The largest absolute Gasteiger partial charge is 0.344 e. The number of hydrogen-bond donors (Lipinski definition) is 1. The Balaban J connectivity index is 1.68. The molecule has 0 atom stereocenters. The average molecular weight is 350 g/mol. The van der Waals surface area contributed by atoms with Crippen molar-refractivity contribution in [2.75, 3.05) is 0 Å². The quantitative estimate of drug-likeness (QED) is 0.776. The number of nitrogens with zero attached hydrogens (tertiary/aromatic N) is 3. The molecule has 1 amide bonds. The van der Waals surface area contributed by atoms with Gasteiger partial charge in [0.1, 0.15) is 0 Å². The van der Waals surface area contributed by atoms with E-state index in [0.717, 1.165) is 22.3 Å². The lowest BCUT2D eigenvalue weighted by molar-refractivity contribution is 0.0907.